The summed E-state index contributed by atoms with van der Waals surface area (Å²) < 4.78 is 0.985. The van der Waals surface area contributed by atoms with E-state index in [4.69, 9.17) is 5.11 Å². The Morgan fingerprint density at radius 3 is 2.83 bits per heavy atom. The van der Waals surface area contributed by atoms with Crippen LogP contribution in [0.3, 0.4) is 0 Å². The van der Waals surface area contributed by atoms with Crippen LogP contribution in [0.4, 0.5) is 0 Å². The van der Waals surface area contributed by atoms with Crippen LogP contribution in [0.25, 0.3) is 0 Å². The lowest BCUT2D eigenvalue weighted by Crippen LogP contribution is -2.39. The average Bonchev–Trinajstić information content (AvgIpc) is 2.29. The SMILES string of the molecule is CC(=O)N1CCc2c(Br)cccc2C1CC(=O)O. The summed E-state index contributed by atoms with van der Waals surface area (Å²) in [7, 11) is 0. The molecule has 18 heavy (non-hydrogen) atoms. The van der Waals surface area contributed by atoms with Gasteiger partial charge in [-0.25, -0.2) is 0 Å². The average molecular weight is 312 g/mol. The number of amides is 1. The molecule has 0 aromatic heterocycles. The number of hydrogen-bond acceptors (Lipinski definition) is 2. The Hall–Kier alpha value is -1.36. The van der Waals surface area contributed by atoms with E-state index in [-0.39, 0.29) is 18.4 Å². The molecule has 4 nitrogen and oxygen atoms in total. The van der Waals surface area contributed by atoms with E-state index >= 15 is 0 Å². The fourth-order valence-electron chi connectivity index (χ4n) is 2.47. The van der Waals surface area contributed by atoms with Crippen LogP contribution < -0.4 is 0 Å². The smallest absolute Gasteiger partial charge is 0.305 e. The number of hydrogen-bond donors (Lipinski definition) is 1. The molecule has 1 N–H and O–H groups in total. The molecule has 1 amide bonds. The van der Waals surface area contributed by atoms with E-state index in [0.29, 0.717) is 6.54 Å². The lowest BCUT2D eigenvalue weighted by atomic mass is 9.90. The first-order chi connectivity index (χ1) is 8.50. The number of halogens is 1. The Morgan fingerprint density at radius 1 is 1.50 bits per heavy atom. The molecule has 1 heterocycles. The maximum atomic E-state index is 11.6. The molecule has 96 valence electrons. The standard InChI is InChI=1S/C13H14BrNO3/c1-8(16)15-6-5-9-10(3-2-4-11(9)14)12(15)7-13(17)18/h2-4,12H,5-7H2,1H3,(H,17,18). The van der Waals surface area contributed by atoms with E-state index in [0.717, 1.165) is 22.0 Å². The van der Waals surface area contributed by atoms with Gasteiger partial charge in [-0.2, -0.15) is 0 Å². The molecular weight excluding hydrogens is 298 g/mol. The van der Waals surface area contributed by atoms with E-state index in [2.05, 4.69) is 15.9 Å². The van der Waals surface area contributed by atoms with Crippen LogP contribution >= 0.6 is 15.9 Å². The quantitative estimate of drug-likeness (QED) is 0.912. The van der Waals surface area contributed by atoms with Gasteiger partial charge in [-0.15, -0.1) is 0 Å². The predicted octanol–water partition coefficient (Wildman–Crippen LogP) is 2.37. The molecule has 0 saturated heterocycles. The van der Waals surface area contributed by atoms with Gasteiger partial charge < -0.3 is 10.0 Å². The summed E-state index contributed by atoms with van der Waals surface area (Å²) >= 11 is 3.48. The summed E-state index contributed by atoms with van der Waals surface area (Å²) in [5.41, 5.74) is 2.05. The van der Waals surface area contributed by atoms with E-state index < -0.39 is 5.97 Å². The van der Waals surface area contributed by atoms with Crippen LogP contribution in [0.15, 0.2) is 22.7 Å². The molecular formula is C13H14BrNO3. The molecule has 5 heteroatoms. The highest BCUT2D eigenvalue weighted by Crippen LogP contribution is 2.35. The molecule has 1 aliphatic heterocycles. The van der Waals surface area contributed by atoms with Gasteiger partial charge in [0.1, 0.15) is 0 Å². The van der Waals surface area contributed by atoms with Crippen molar-refractivity contribution in [1.29, 1.82) is 0 Å². The minimum absolute atomic E-state index is 0.0525. The van der Waals surface area contributed by atoms with Crippen LogP contribution in [-0.4, -0.2) is 28.4 Å². The number of carbonyl (C=O) groups excluding carboxylic acids is 1. The summed E-state index contributed by atoms with van der Waals surface area (Å²) in [6.45, 7) is 2.06. The van der Waals surface area contributed by atoms with Crippen molar-refractivity contribution in [3.63, 3.8) is 0 Å². The van der Waals surface area contributed by atoms with Crippen molar-refractivity contribution < 1.29 is 14.7 Å². The molecule has 0 saturated carbocycles. The van der Waals surface area contributed by atoms with Crippen LogP contribution in [0, 0.1) is 0 Å². The Morgan fingerprint density at radius 2 is 2.22 bits per heavy atom. The van der Waals surface area contributed by atoms with Crippen molar-refractivity contribution in [1.82, 2.24) is 4.90 Å². The third-order valence-corrected chi connectivity index (χ3v) is 4.01. The molecule has 0 aliphatic carbocycles. The van der Waals surface area contributed by atoms with Crippen molar-refractivity contribution in [3.05, 3.63) is 33.8 Å². The second-order valence-electron chi connectivity index (χ2n) is 4.38. The van der Waals surface area contributed by atoms with Gasteiger partial charge >= 0.3 is 5.97 Å². The van der Waals surface area contributed by atoms with Crippen LogP contribution in [0.1, 0.15) is 30.5 Å². The van der Waals surface area contributed by atoms with E-state index in [9.17, 15) is 9.59 Å². The molecule has 0 spiro atoms. The Balaban J connectivity index is 2.45. The fourth-order valence-corrected chi connectivity index (χ4v) is 3.05. The second kappa shape index (κ2) is 5.10. The molecule has 1 atom stereocenters. The number of carboxylic acids is 1. The largest absolute Gasteiger partial charge is 0.481 e. The lowest BCUT2D eigenvalue weighted by Gasteiger charge is -2.36. The van der Waals surface area contributed by atoms with Gasteiger partial charge in [0.25, 0.3) is 0 Å². The molecule has 1 aliphatic rings. The second-order valence-corrected chi connectivity index (χ2v) is 5.24. The van der Waals surface area contributed by atoms with Crippen molar-refractivity contribution in [2.24, 2.45) is 0 Å². The van der Waals surface area contributed by atoms with Crippen LogP contribution in [0.5, 0.6) is 0 Å². The maximum absolute atomic E-state index is 11.6. The number of carbonyl (C=O) groups is 2. The molecule has 1 unspecified atom stereocenters. The van der Waals surface area contributed by atoms with Gasteiger partial charge in [0.15, 0.2) is 0 Å². The topological polar surface area (TPSA) is 57.6 Å². The number of carboxylic acid groups (broad SMARTS) is 1. The Kier molecular flexibility index (Phi) is 3.71. The normalized spacial score (nSPS) is 18.3. The maximum Gasteiger partial charge on any atom is 0.305 e. The fraction of sp³-hybridized carbons (Fsp3) is 0.385. The zero-order chi connectivity index (χ0) is 13.3. The molecule has 1 aromatic rings. The third-order valence-electron chi connectivity index (χ3n) is 3.27. The number of fused-ring (bicyclic) bond motifs is 1. The van der Waals surface area contributed by atoms with Crippen molar-refractivity contribution in [2.45, 2.75) is 25.8 Å². The minimum atomic E-state index is -0.890. The summed E-state index contributed by atoms with van der Waals surface area (Å²) in [5.74, 6) is -0.967. The van der Waals surface area contributed by atoms with E-state index in [1.54, 1.807) is 4.90 Å². The van der Waals surface area contributed by atoms with Crippen molar-refractivity contribution in [2.75, 3.05) is 6.54 Å². The molecule has 2 rings (SSSR count). The van der Waals surface area contributed by atoms with E-state index in [1.165, 1.54) is 6.92 Å². The van der Waals surface area contributed by atoms with Gasteiger partial charge in [0.05, 0.1) is 12.5 Å². The van der Waals surface area contributed by atoms with Gasteiger partial charge in [-0.05, 0) is 23.6 Å². The van der Waals surface area contributed by atoms with Gasteiger partial charge in [0.2, 0.25) is 5.91 Å². The highest BCUT2D eigenvalue weighted by atomic mass is 79.9. The Bertz CT molecular complexity index is 501. The monoisotopic (exact) mass is 311 g/mol. The Labute approximate surface area is 114 Å². The molecule has 0 bridgehead atoms. The van der Waals surface area contributed by atoms with Gasteiger partial charge in [-0.1, -0.05) is 28.1 Å². The zero-order valence-electron chi connectivity index (χ0n) is 10.0. The van der Waals surface area contributed by atoms with Crippen LogP contribution in [-0.2, 0) is 16.0 Å². The first-order valence-electron chi connectivity index (χ1n) is 5.77. The van der Waals surface area contributed by atoms with Crippen molar-refractivity contribution in [3.8, 4) is 0 Å². The third kappa shape index (κ3) is 2.41. The van der Waals surface area contributed by atoms with Gasteiger partial charge in [0, 0.05) is 17.9 Å². The molecule has 0 fully saturated rings. The summed E-state index contributed by atoms with van der Waals surface area (Å²) in [4.78, 5) is 24.2. The van der Waals surface area contributed by atoms with Crippen molar-refractivity contribution >= 4 is 27.8 Å². The lowest BCUT2D eigenvalue weighted by molar-refractivity contribution is -0.140. The van der Waals surface area contributed by atoms with E-state index in [1.807, 2.05) is 18.2 Å². The molecule has 1 aromatic carbocycles. The number of benzene rings is 1. The highest BCUT2D eigenvalue weighted by Gasteiger charge is 2.31. The summed E-state index contributed by atoms with van der Waals surface area (Å²) in [6.07, 6.45) is 0.704. The number of aliphatic carboxylic acids is 1. The summed E-state index contributed by atoms with van der Waals surface area (Å²) in [6, 6.07) is 5.37. The first-order valence-corrected chi connectivity index (χ1v) is 6.56. The van der Waals surface area contributed by atoms with Crippen LogP contribution in [0.2, 0.25) is 0 Å². The number of rotatable bonds is 2. The number of nitrogens with zero attached hydrogens (tertiary/aromatic N) is 1. The highest BCUT2D eigenvalue weighted by molar-refractivity contribution is 9.10. The van der Waals surface area contributed by atoms with Gasteiger partial charge in [-0.3, -0.25) is 9.59 Å². The first kappa shape index (κ1) is 13.1. The predicted molar refractivity (Wildman–Crippen MR) is 70.2 cm³/mol. The minimum Gasteiger partial charge on any atom is -0.481 e. The summed E-state index contributed by atoms with van der Waals surface area (Å²) in [5, 5.41) is 9.01. The zero-order valence-corrected chi connectivity index (χ0v) is 11.6. The molecule has 0 radical (unpaired) electrons.